The summed E-state index contributed by atoms with van der Waals surface area (Å²) < 4.78 is 12.9. The third kappa shape index (κ3) is 5.16. The smallest absolute Gasteiger partial charge is 0.235 e. The van der Waals surface area contributed by atoms with Gasteiger partial charge in [0.05, 0.1) is 0 Å². The molecule has 2 amide bonds. The van der Waals surface area contributed by atoms with Crippen molar-refractivity contribution in [2.75, 3.05) is 13.1 Å². The molecule has 2 N–H and O–H groups in total. The number of amides is 2. The molecule has 0 radical (unpaired) electrons. The van der Waals surface area contributed by atoms with Gasteiger partial charge >= 0.3 is 0 Å². The molecule has 0 aliphatic heterocycles. The van der Waals surface area contributed by atoms with E-state index < -0.39 is 5.41 Å². The van der Waals surface area contributed by atoms with Gasteiger partial charge in [-0.1, -0.05) is 42.5 Å². The molecule has 1 aliphatic rings. The van der Waals surface area contributed by atoms with Gasteiger partial charge in [-0.2, -0.15) is 0 Å². The van der Waals surface area contributed by atoms with E-state index in [-0.39, 0.29) is 17.6 Å². The lowest BCUT2D eigenvalue weighted by Gasteiger charge is -2.15. The van der Waals surface area contributed by atoms with Crippen LogP contribution >= 0.6 is 0 Å². The second-order valence-corrected chi connectivity index (χ2v) is 7.06. The Bertz CT molecular complexity index is 771. The van der Waals surface area contributed by atoms with Crippen LogP contribution in [0.4, 0.5) is 4.39 Å². The zero-order valence-corrected chi connectivity index (χ0v) is 15.3. The summed E-state index contributed by atoms with van der Waals surface area (Å²) in [5, 5.41) is 5.76. The summed E-state index contributed by atoms with van der Waals surface area (Å²) in [4.78, 5) is 24.9. The maximum atomic E-state index is 12.9. The number of benzene rings is 2. The molecule has 2 aromatic carbocycles. The van der Waals surface area contributed by atoms with Crippen LogP contribution in [0.2, 0.25) is 0 Å². The Labute approximate surface area is 159 Å². The van der Waals surface area contributed by atoms with Crippen LogP contribution < -0.4 is 10.6 Å². The Morgan fingerprint density at radius 1 is 0.815 bits per heavy atom. The van der Waals surface area contributed by atoms with Gasteiger partial charge in [-0.15, -0.1) is 0 Å². The summed E-state index contributed by atoms with van der Waals surface area (Å²) in [6, 6.07) is 16.3. The minimum atomic E-state index is -0.893. The fourth-order valence-electron chi connectivity index (χ4n) is 3.13. The number of nitrogens with one attached hydrogen (secondary N) is 2. The molecule has 0 heterocycles. The Hall–Kier alpha value is -2.69. The van der Waals surface area contributed by atoms with E-state index in [2.05, 4.69) is 22.8 Å². The van der Waals surface area contributed by atoms with Crippen molar-refractivity contribution in [2.24, 2.45) is 5.41 Å². The fourth-order valence-corrected chi connectivity index (χ4v) is 3.13. The summed E-state index contributed by atoms with van der Waals surface area (Å²) >= 11 is 0. The standard InChI is InChI=1S/C22H25FN2O2/c23-19-10-8-18(9-11-19)12-16-25-21(27)22(13-14-22)20(26)24-15-4-7-17-5-2-1-3-6-17/h1-3,5-6,8-11H,4,7,12-16H2,(H,24,26)(H,25,27). The van der Waals surface area contributed by atoms with Crippen molar-refractivity contribution in [3.63, 3.8) is 0 Å². The predicted octanol–water partition coefficient (Wildman–Crippen LogP) is 3.01. The molecule has 1 aliphatic carbocycles. The van der Waals surface area contributed by atoms with Crippen molar-refractivity contribution >= 4 is 11.8 Å². The average molecular weight is 368 g/mol. The first-order valence-corrected chi connectivity index (χ1v) is 9.45. The normalized spacial score (nSPS) is 14.4. The van der Waals surface area contributed by atoms with Gasteiger partial charge < -0.3 is 10.6 Å². The number of halogens is 1. The summed E-state index contributed by atoms with van der Waals surface area (Å²) in [6.07, 6.45) is 3.55. The van der Waals surface area contributed by atoms with Crippen LogP contribution in [0, 0.1) is 11.2 Å². The van der Waals surface area contributed by atoms with Crippen molar-refractivity contribution in [2.45, 2.75) is 32.1 Å². The molecule has 142 valence electrons. The highest BCUT2D eigenvalue weighted by molar-refractivity contribution is 6.07. The number of hydrogen-bond acceptors (Lipinski definition) is 2. The van der Waals surface area contributed by atoms with E-state index in [4.69, 9.17) is 0 Å². The zero-order chi connectivity index (χ0) is 19.1. The van der Waals surface area contributed by atoms with E-state index in [9.17, 15) is 14.0 Å². The highest BCUT2D eigenvalue weighted by Crippen LogP contribution is 2.46. The number of hydrogen-bond donors (Lipinski definition) is 2. The Morgan fingerprint density at radius 2 is 1.41 bits per heavy atom. The topological polar surface area (TPSA) is 58.2 Å². The second kappa shape index (κ2) is 8.80. The molecule has 1 saturated carbocycles. The van der Waals surface area contributed by atoms with Crippen LogP contribution in [-0.2, 0) is 22.4 Å². The minimum Gasteiger partial charge on any atom is -0.355 e. The maximum Gasteiger partial charge on any atom is 0.235 e. The third-order valence-corrected chi connectivity index (χ3v) is 5.00. The fraction of sp³-hybridized carbons (Fsp3) is 0.364. The highest BCUT2D eigenvalue weighted by atomic mass is 19.1. The summed E-state index contributed by atoms with van der Waals surface area (Å²) in [5.74, 6) is -0.649. The van der Waals surface area contributed by atoms with Crippen LogP contribution in [0.5, 0.6) is 0 Å². The van der Waals surface area contributed by atoms with Crippen molar-refractivity contribution in [1.29, 1.82) is 0 Å². The molecule has 0 spiro atoms. The quantitative estimate of drug-likeness (QED) is 0.528. The lowest BCUT2D eigenvalue weighted by molar-refractivity contribution is -0.137. The first-order chi connectivity index (χ1) is 13.1. The molecule has 1 fully saturated rings. The first-order valence-electron chi connectivity index (χ1n) is 9.45. The van der Waals surface area contributed by atoms with Gasteiger partial charge in [0.2, 0.25) is 11.8 Å². The molecule has 0 aromatic heterocycles. The van der Waals surface area contributed by atoms with Gasteiger partial charge in [-0.3, -0.25) is 9.59 Å². The summed E-state index contributed by atoms with van der Waals surface area (Å²) in [5.41, 5.74) is 1.30. The molecule has 0 unspecified atom stereocenters. The molecular weight excluding hydrogens is 343 g/mol. The van der Waals surface area contributed by atoms with Gasteiger partial charge in [0, 0.05) is 13.1 Å². The van der Waals surface area contributed by atoms with E-state index in [1.165, 1.54) is 17.7 Å². The van der Waals surface area contributed by atoms with Gasteiger partial charge in [0.15, 0.2) is 0 Å². The van der Waals surface area contributed by atoms with Crippen molar-refractivity contribution in [1.82, 2.24) is 10.6 Å². The van der Waals surface area contributed by atoms with E-state index in [0.717, 1.165) is 18.4 Å². The third-order valence-electron chi connectivity index (χ3n) is 5.00. The molecule has 2 aromatic rings. The monoisotopic (exact) mass is 368 g/mol. The number of carbonyl (C=O) groups excluding carboxylic acids is 2. The van der Waals surface area contributed by atoms with Crippen LogP contribution in [0.25, 0.3) is 0 Å². The lowest BCUT2D eigenvalue weighted by Crippen LogP contribution is -2.43. The van der Waals surface area contributed by atoms with E-state index in [1.54, 1.807) is 12.1 Å². The Kier molecular flexibility index (Phi) is 6.22. The summed E-state index contributed by atoms with van der Waals surface area (Å²) in [6.45, 7) is 1.01. The lowest BCUT2D eigenvalue weighted by atomic mass is 10.0. The van der Waals surface area contributed by atoms with Crippen LogP contribution in [-0.4, -0.2) is 24.9 Å². The number of carbonyl (C=O) groups is 2. The van der Waals surface area contributed by atoms with Crippen molar-refractivity contribution in [3.05, 3.63) is 71.5 Å². The van der Waals surface area contributed by atoms with Gasteiger partial charge in [0.25, 0.3) is 0 Å². The largest absolute Gasteiger partial charge is 0.355 e. The SMILES string of the molecule is O=C(NCCCc1ccccc1)C1(C(=O)NCCc2ccc(F)cc2)CC1. The van der Waals surface area contributed by atoms with Crippen LogP contribution in [0.15, 0.2) is 54.6 Å². The van der Waals surface area contributed by atoms with E-state index in [0.29, 0.717) is 32.4 Å². The molecule has 0 bridgehead atoms. The second-order valence-electron chi connectivity index (χ2n) is 7.06. The molecule has 4 nitrogen and oxygen atoms in total. The molecule has 0 saturated heterocycles. The van der Waals surface area contributed by atoms with E-state index in [1.807, 2.05) is 18.2 Å². The molecule has 3 rings (SSSR count). The van der Waals surface area contributed by atoms with Crippen molar-refractivity contribution in [3.8, 4) is 0 Å². The van der Waals surface area contributed by atoms with Crippen molar-refractivity contribution < 1.29 is 14.0 Å². The zero-order valence-electron chi connectivity index (χ0n) is 15.3. The maximum absolute atomic E-state index is 12.9. The minimum absolute atomic E-state index is 0.171. The Balaban J connectivity index is 1.38. The Morgan fingerprint density at radius 3 is 2.04 bits per heavy atom. The molecule has 27 heavy (non-hydrogen) atoms. The summed E-state index contributed by atoms with van der Waals surface area (Å²) in [7, 11) is 0. The van der Waals surface area contributed by atoms with Gasteiger partial charge in [-0.25, -0.2) is 4.39 Å². The molecule has 0 atom stereocenters. The average Bonchev–Trinajstić information content (AvgIpc) is 3.49. The number of aryl methyl sites for hydroxylation is 1. The molecular formula is C22H25FN2O2. The van der Waals surface area contributed by atoms with E-state index >= 15 is 0 Å². The van der Waals surface area contributed by atoms with Gasteiger partial charge in [-0.05, 0) is 55.4 Å². The van der Waals surface area contributed by atoms with Gasteiger partial charge in [0.1, 0.15) is 11.2 Å². The van der Waals surface area contributed by atoms with Crippen LogP contribution in [0.1, 0.15) is 30.4 Å². The predicted molar refractivity (Wildman–Crippen MR) is 103 cm³/mol. The highest BCUT2D eigenvalue weighted by Gasteiger charge is 2.56. The van der Waals surface area contributed by atoms with Crippen LogP contribution in [0.3, 0.4) is 0 Å². The first kappa shape index (κ1) is 19.1. The number of rotatable bonds is 9. The molecule has 5 heteroatoms.